The average molecular weight is 212 g/mol. The first-order chi connectivity index (χ1) is 7.15. The molecule has 84 valence electrons. The summed E-state index contributed by atoms with van der Waals surface area (Å²) in [5.41, 5.74) is 0. The van der Waals surface area contributed by atoms with Gasteiger partial charge in [0, 0.05) is 6.92 Å². The predicted octanol–water partition coefficient (Wildman–Crippen LogP) is 1.88. The molecule has 0 radical (unpaired) electrons. The second-order valence-corrected chi connectivity index (χ2v) is 2.55. The third-order valence-electron chi connectivity index (χ3n) is 1.58. The van der Waals surface area contributed by atoms with E-state index in [1.807, 2.05) is 24.3 Å². The Morgan fingerprint density at radius 3 is 1.53 bits per heavy atom. The first-order valence-corrected chi connectivity index (χ1v) is 4.37. The predicted molar refractivity (Wildman–Crippen MR) is 57.2 cm³/mol. The summed E-state index contributed by atoms with van der Waals surface area (Å²) in [6, 6.07) is 7.53. The van der Waals surface area contributed by atoms with Gasteiger partial charge >= 0.3 is 5.97 Å². The van der Waals surface area contributed by atoms with Crippen LogP contribution in [0.2, 0.25) is 0 Å². The molecule has 0 atom stereocenters. The van der Waals surface area contributed by atoms with Crippen molar-refractivity contribution in [3.05, 3.63) is 24.3 Å². The Morgan fingerprint density at radius 2 is 1.33 bits per heavy atom. The molecule has 15 heavy (non-hydrogen) atoms. The maximum atomic E-state index is 9.59. The van der Waals surface area contributed by atoms with Gasteiger partial charge in [0.15, 0.2) is 11.5 Å². The summed E-state index contributed by atoms with van der Waals surface area (Å²) in [6.07, 6.45) is 0. The van der Waals surface area contributed by atoms with Gasteiger partial charge < -0.3 is 14.2 Å². The van der Waals surface area contributed by atoms with E-state index >= 15 is 0 Å². The lowest BCUT2D eigenvalue weighted by Crippen LogP contribution is -1.88. The highest BCUT2D eigenvalue weighted by Gasteiger charge is 1.97. The number of carbonyl (C=O) groups excluding carboxylic acids is 1. The Hall–Kier alpha value is -1.71. The van der Waals surface area contributed by atoms with Crippen LogP contribution in [-0.2, 0) is 9.53 Å². The maximum Gasteiger partial charge on any atom is 0.302 e. The maximum absolute atomic E-state index is 9.59. The number of methoxy groups -OCH3 is 3. The van der Waals surface area contributed by atoms with Crippen molar-refractivity contribution in [3.63, 3.8) is 0 Å². The van der Waals surface area contributed by atoms with Gasteiger partial charge in [-0.3, -0.25) is 4.79 Å². The van der Waals surface area contributed by atoms with Crippen LogP contribution in [0.3, 0.4) is 0 Å². The van der Waals surface area contributed by atoms with E-state index < -0.39 is 0 Å². The fraction of sp³-hybridized carbons (Fsp3) is 0.364. The van der Waals surface area contributed by atoms with Crippen LogP contribution in [0.4, 0.5) is 0 Å². The topological polar surface area (TPSA) is 44.8 Å². The van der Waals surface area contributed by atoms with Gasteiger partial charge in [-0.15, -0.1) is 0 Å². The molecule has 1 aromatic rings. The molecule has 0 amide bonds. The van der Waals surface area contributed by atoms with Crippen LogP contribution < -0.4 is 9.47 Å². The normalized spacial score (nSPS) is 8.27. The second-order valence-electron chi connectivity index (χ2n) is 2.55. The minimum Gasteiger partial charge on any atom is -0.493 e. The van der Waals surface area contributed by atoms with Crippen molar-refractivity contribution in [2.45, 2.75) is 6.92 Å². The standard InChI is InChI=1S/C8H10O2.C3H6O2/c1-9-7-5-3-4-6-8(7)10-2;1-3(4)5-2/h3-6H,1-2H3;1-2H3. The lowest BCUT2D eigenvalue weighted by atomic mass is 10.3. The molecule has 0 N–H and O–H groups in total. The van der Waals surface area contributed by atoms with E-state index in [1.54, 1.807) is 14.2 Å². The van der Waals surface area contributed by atoms with Crippen molar-refractivity contribution in [3.8, 4) is 11.5 Å². The van der Waals surface area contributed by atoms with E-state index in [-0.39, 0.29) is 5.97 Å². The molecule has 0 aliphatic heterocycles. The van der Waals surface area contributed by atoms with E-state index in [4.69, 9.17) is 9.47 Å². The number of para-hydroxylation sites is 2. The third kappa shape index (κ3) is 5.57. The molecule has 0 spiro atoms. The van der Waals surface area contributed by atoms with Gasteiger partial charge in [-0.25, -0.2) is 0 Å². The molecule has 0 fully saturated rings. The molecule has 1 rings (SSSR count). The quantitative estimate of drug-likeness (QED) is 0.702. The van der Waals surface area contributed by atoms with Crippen LogP contribution in [0.1, 0.15) is 6.92 Å². The Balaban J connectivity index is 0.000000336. The summed E-state index contributed by atoms with van der Waals surface area (Å²) < 4.78 is 14.1. The van der Waals surface area contributed by atoms with E-state index in [2.05, 4.69) is 4.74 Å². The van der Waals surface area contributed by atoms with Crippen molar-refractivity contribution < 1.29 is 19.0 Å². The Labute approximate surface area is 89.8 Å². The Bertz CT molecular complexity index is 273. The van der Waals surface area contributed by atoms with Crippen LogP contribution in [0.25, 0.3) is 0 Å². The number of rotatable bonds is 2. The number of ether oxygens (including phenoxy) is 3. The number of esters is 1. The second kappa shape index (κ2) is 7.67. The first kappa shape index (κ1) is 13.3. The SMILES string of the molecule is COC(C)=O.COc1ccccc1OC. The minimum absolute atomic E-state index is 0.245. The lowest BCUT2D eigenvalue weighted by molar-refractivity contribution is -0.137. The monoisotopic (exact) mass is 212 g/mol. The van der Waals surface area contributed by atoms with E-state index in [1.165, 1.54) is 14.0 Å². The van der Waals surface area contributed by atoms with Gasteiger partial charge in [0.1, 0.15) is 0 Å². The van der Waals surface area contributed by atoms with Gasteiger partial charge in [0.25, 0.3) is 0 Å². The summed E-state index contributed by atoms with van der Waals surface area (Å²) in [5.74, 6) is 1.29. The van der Waals surface area contributed by atoms with Crippen molar-refractivity contribution in [1.82, 2.24) is 0 Å². The van der Waals surface area contributed by atoms with E-state index in [0.717, 1.165) is 11.5 Å². The van der Waals surface area contributed by atoms with Gasteiger partial charge in [-0.2, -0.15) is 0 Å². The molecule has 0 unspecified atom stereocenters. The van der Waals surface area contributed by atoms with Crippen LogP contribution in [0.15, 0.2) is 24.3 Å². The summed E-state index contributed by atoms with van der Waals surface area (Å²) in [6.45, 7) is 1.36. The van der Waals surface area contributed by atoms with Gasteiger partial charge in [0.2, 0.25) is 0 Å². The van der Waals surface area contributed by atoms with Crippen LogP contribution in [0, 0.1) is 0 Å². The van der Waals surface area contributed by atoms with Crippen LogP contribution in [-0.4, -0.2) is 27.3 Å². The zero-order chi connectivity index (χ0) is 11.7. The molecule has 0 bridgehead atoms. The zero-order valence-electron chi connectivity index (χ0n) is 9.44. The molecule has 0 aliphatic carbocycles. The van der Waals surface area contributed by atoms with E-state index in [9.17, 15) is 4.79 Å². The average Bonchev–Trinajstić information content (AvgIpc) is 2.29. The third-order valence-corrected chi connectivity index (χ3v) is 1.58. The fourth-order valence-electron chi connectivity index (χ4n) is 0.787. The first-order valence-electron chi connectivity index (χ1n) is 4.37. The van der Waals surface area contributed by atoms with Crippen molar-refractivity contribution >= 4 is 5.97 Å². The minimum atomic E-state index is -0.245. The van der Waals surface area contributed by atoms with Crippen molar-refractivity contribution in [2.75, 3.05) is 21.3 Å². The van der Waals surface area contributed by atoms with Gasteiger partial charge in [-0.05, 0) is 12.1 Å². The fourth-order valence-corrected chi connectivity index (χ4v) is 0.787. The molecule has 0 saturated carbocycles. The molecule has 1 aromatic carbocycles. The molecule has 0 heterocycles. The largest absolute Gasteiger partial charge is 0.493 e. The summed E-state index contributed by atoms with van der Waals surface area (Å²) >= 11 is 0. The molecule has 4 nitrogen and oxygen atoms in total. The highest BCUT2D eigenvalue weighted by Crippen LogP contribution is 2.24. The number of carbonyl (C=O) groups is 1. The van der Waals surface area contributed by atoms with E-state index in [0.29, 0.717) is 0 Å². The molecular weight excluding hydrogens is 196 g/mol. The highest BCUT2D eigenvalue weighted by molar-refractivity contribution is 5.65. The van der Waals surface area contributed by atoms with Gasteiger partial charge in [-0.1, -0.05) is 12.1 Å². The smallest absolute Gasteiger partial charge is 0.302 e. The molecule has 0 aliphatic rings. The Morgan fingerprint density at radius 1 is 1.00 bits per heavy atom. The van der Waals surface area contributed by atoms with Crippen molar-refractivity contribution in [1.29, 1.82) is 0 Å². The molecular formula is C11H16O4. The highest BCUT2D eigenvalue weighted by atomic mass is 16.5. The Kier molecular flexibility index (Phi) is 6.80. The lowest BCUT2D eigenvalue weighted by Gasteiger charge is -2.04. The number of hydrogen-bond acceptors (Lipinski definition) is 4. The summed E-state index contributed by atoms with van der Waals surface area (Å²) in [4.78, 5) is 9.59. The van der Waals surface area contributed by atoms with Crippen molar-refractivity contribution in [2.24, 2.45) is 0 Å². The van der Waals surface area contributed by atoms with Crippen LogP contribution >= 0.6 is 0 Å². The molecule has 0 saturated heterocycles. The number of benzene rings is 1. The summed E-state index contributed by atoms with van der Waals surface area (Å²) in [5, 5.41) is 0. The number of hydrogen-bond donors (Lipinski definition) is 0. The summed E-state index contributed by atoms with van der Waals surface area (Å²) in [7, 11) is 4.60. The molecule has 4 heteroatoms. The molecule has 0 aromatic heterocycles. The zero-order valence-corrected chi connectivity index (χ0v) is 9.44. The van der Waals surface area contributed by atoms with Gasteiger partial charge in [0.05, 0.1) is 21.3 Å². The van der Waals surface area contributed by atoms with Crippen LogP contribution in [0.5, 0.6) is 11.5 Å².